The molecule has 0 fully saturated rings. The number of hydrogen-bond donors (Lipinski definition) is 0. The van der Waals surface area contributed by atoms with Gasteiger partial charge in [0.1, 0.15) is 10.8 Å². The van der Waals surface area contributed by atoms with E-state index >= 15 is 0 Å². The van der Waals surface area contributed by atoms with E-state index in [4.69, 9.17) is 27.9 Å². The smallest absolute Gasteiger partial charge is 0.416 e. The lowest BCUT2D eigenvalue weighted by molar-refractivity contribution is -0.387. The molecule has 0 bridgehead atoms. The van der Waals surface area contributed by atoms with Gasteiger partial charge in [-0.3, -0.25) is 10.1 Å². The van der Waals surface area contributed by atoms with Crippen molar-refractivity contribution in [3.8, 4) is 11.5 Å². The maximum atomic E-state index is 13.8. The first kappa shape index (κ1) is 17.3. The van der Waals surface area contributed by atoms with E-state index < -0.39 is 44.0 Å². The Kier molecular flexibility index (Phi) is 4.67. The third-order valence-electron chi connectivity index (χ3n) is 2.68. The van der Waals surface area contributed by atoms with Crippen LogP contribution in [-0.4, -0.2) is 4.92 Å². The lowest BCUT2D eigenvalue weighted by Gasteiger charge is -2.12. The number of nitrogens with zero attached hydrogens (tertiary/aromatic N) is 1. The Morgan fingerprint density at radius 1 is 1.17 bits per heavy atom. The third kappa shape index (κ3) is 3.65. The number of hydrogen-bond acceptors (Lipinski definition) is 3. The molecule has 10 heteroatoms. The second kappa shape index (κ2) is 6.21. The summed E-state index contributed by atoms with van der Waals surface area (Å²) in [5.74, 6) is -2.23. The molecule has 2 rings (SSSR count). The van der Waals surface area contributed by atoms with E-state index in [1.807, 2.05) is 0 Å². The van der Waals surface area contributed by atoms with Gasteiger partial charge in [-0.25, -0.2) is 0 Å². The second-order valence-corrected chi connectivity index (χ2v) is 5.00. The van der Waals surface area contributed by atoms with Gasteiger partial charge in [0.15, 0.2) is 5.75 Å². The van der Waals surface area contributed by atoms with Crippen LogP contribution < -0.4 is 4.74 Å². The van der Waals surface area contributed by atoms with Crippen molar-refractivity contribution in [2.24, 2.45) is 0 Å². The molecule has 0 atom stereocenters. The van der Waals surface area contributed by atoms with Gasteiger partial charge in [0.05, 0.1) is 15.5 Å². The van der Waals surface area contributed by atoms with E-state index in [0.717, 1.165) is 12.1 Å². The molecular weight excluding hydrogens is 365 g/mol. The van der Waals surface area contributed by atoms with Gasteiger partial charge in [-0.2, -0.15) is 17.6 Å². The zero-order valence-electron chi connectivity index (χ0n) is 10.8. The summed E-state index contributed by atoms with van der Waals surface area (Å²) in [6.07, 6.45) is -4.60. The molecular formula is C13H5Cl2F4NO3. The van der Waals surface area contributed by atoms with Crippen molar-refractivity contribution in [1.82, 2.24) is 0 Å². The molecule has 0 N–H and O–H groups in total. The van der Waals surface area contributed by atoms with Crippen LogP contribution >= 0.6 is 23.2 Å². The molecule has 0 aliphatic carbocycles. The van der Waals surface area contributed by atoms with Crippen LogP contribution in [0.2, 0.25) is 10.0 Å². The SMILES string of the molecule is O=[N+]([O-])c1cc(Cl)c(Oc2cccc(C(F)(F)F)c2)c(Cl)c1F. The molecule has 4 nitrogen and oxygen atoms in total. The fourth-order valence-corrected chi connectivity index (χ4v) is 2.17. The molecule has 0 radical (unpaired) electrons. The summed E-state index contributed by atoms with van der Waals surface area (Å²) in [7, 11) is 0. The summed E-state index contributed by atoms with van der Waals surface area (Å²) in [5.41, 5.74) is -1.97. The minimum Gasteiger partial charge on any atom is -0.454 e. The molecule has 2 aromatic rings. The molecule has 0 aliphatic heterocycles. The molecule has 23 heavy (non-hydrogen) atoms. The molecule has 2 aromatic carbocycles. The summed E-state index contributed by atoms with van der Waals surface area (Å²) >= 11 is 11.3. The minimum absolute atomic E-state index is 0.308. The van der Waals surface area contributed by atoms with Crippen molar-refractivity contribution in [3.05, 3.63) is 61.9 Å². The van der Waals surface area contributed by atoms with Gasteiger partial charge in [0, 0.05) is 6.07 Å². The predicted molar refractivity (Wildman–Crippen MR) is 74.6 cm³/mol. The second-order valence-electron chi connectivity index (χ2n) is 4.22. The molecule has 0 aliphatic rings. The van der Waals surface area contributed by atoms with Gasteiger partial charge >= 0.3 is 11.9 Å². The Labute approximate surface area is 136 Å². The normalized spacial score (nSPS) is 11.4. The number of rotatable bonds is 3. The highest BCUT2D eigenvalue weighted by Crippen LogP contribution is 2.42. The van der Waals surface area contributed by atoms with Crippen LogP contribution in [0, 0.1) is 15.9 Å². The van der Waals surface area contributed by atoms with Crippen LogP contribution in [0.3, 0.4) is 0 Å². The minimum atomic E-state index is -4.60. The molecule has 0 saturated carbocycles. The molecule has 0 aromatic heterocycles. The number of nitro groups is 1. The molecule has 0 spiro atoms. The standard InChI is InChI=1S/C13H5Cl2F4NO3/c14-8-5-9(20(21)22)11(16)10(15)12(8)23-7-3-1-2-6(4-7)13(17,18)19/h1-5H. The maximum Gasteiger partial charge on any atom is 0.416 e. The molecule has 122 valence electrons. The van der Waals surface area contributed by atoms with Crippen LogP contribution in [0.15, 0.2) is 30.3 Å². The van der Waals surface area contributed by atoms with Crippen molar-refractivity contribution in [2.45, 2.75) is 6.18 Å². The van der Waals surface area contributed by atoms with Crippen LogP contribution in [0.25, 0.3) is 0 Å². The molecule has 0 saturated heterocycles. The van der Waals surface area contributed by atoms with Crippen molar-refractivity contribution in [1.29, 1.82) is 0 Å². The first-order chi connectivity index (χ1) is 10.6. The van der Waals surface area contributed by atoms with E-state index in [1.54, 1.807) is 0 Å². The molecule has 0 heterocycles. The van der Waals surface area contributed by atoms with Crippen molar-refractivity contribution < 1.29 is 27.2 Å². The van der Waals surface area contributed by atoms with Gasteiger partial charge in [0.25, 0.3) is 0 Å². The lowest BCUT2D eigenvalue weighted by Crippen LogP contribution is -2.04. The Balaban J connectivity index is 2.46. The first-order valence-electron chi connectivity index (χ1n) is 5.78. The summed E-state index contributed by atoms with van der Waals surface area (Å²) in [5, 5.41) is 9.41. The van der Waals surface area contributed by atoms with Crippen LogP contribution in [0.1, 0.15) is 5.56 Å². The largest absolute Gasteiger partial charge is 0.454 e. The van der Waals surface area contributed by atoms with Gasteiger partial charge in [0.2, 0.25) is 5.82 Å². The van der Waals surface area contributed by atoms with Gasteiger partial charge < -0.3 is 4.74 Å². The predicted octanol–water partition coefficient (Wildman–Crippen LogP) is 5.85. The van der Waals surface area contributed by atoms with E-state index in [-0.39, 0.29) is 5.75 Å². The number of halogens is 6. The summed E-state index contributed by atoms with van der Waals surface area (Å²) in [6, 6.07) is 4.37. The fourth-order valence-electron chi connectivity index (χ4n) is 1.65. The Morgan fingerprint density at radius 3 is 2.39 bits per heavy atom. The molecule has 0 amide bonds. The summed E-state index contributed by atoms with van der Waals surface area (Å²) in [4.78, 5) is 9.59. The van der Waals surface area contributed by atoms with Crippen molar-refractivity contribution in [3.63, 3.8) is 0 Å². The first-order valence-corrected chi connectivity index (χ1v) is 6.54. The zero-order chi connectivity index (χ0) is 17.4. The van der Waals surface area contributed by atoms with Gasteiger partial charge in [-0.15, -0.1) is 0 Å². The van der Waals surface area contributed by atoms with Crippen LogP contribution in [0.4, 0.5) is 23.2 Å². The highest BCUT2D eigenvalue weighted by atomic mass is 35.5. The van der Waals surface area contributed by atoms with E-state index in [0.29, 0.717) is 12.1 Å². The van der Waals surface area contributed by atoms with Crippen molar-refractivity contribution in [2.75, 3.05) is 0 Å². The monoisotopic (exact) mass is 369 g/mol. The Bertz CT molecular complexity index is 781. The van der Waals surface area contributed by atoms with Crippen LogP contribution in [0.5, 0.6) is 11.5 Å². The number of alkyl halides is 3. The third-order valence-corrected chi connectivity index (χ3v) is 3.29. The van der Waals surface area contributed by atoms with Gasteiger partial charge in [-0.1, -0.05) is 29.3 Å². The highest BCUT2D eigenvalue weighted by molar-refractivity contribution is 6.37. The summed E-state index contributed by atoms with van der Waals surface area (Å²) < 4.78 is 56.7. The van der Waals surface area contributed by atoms with Crippen molar-refractivity contribution >= 4 is 28.9 Å². The quantitative estimate of drug-likeness (QED) is 0.295. The zero-order valence-corrected chi connectivity index (χ0v) is 12.3. The fraction of sp³-hybridized carbons (Fsp3) is 0.0769. The Hall–Kier alpha value is -2.06. The van der Waals surface area contributed by atoms with Gasteiger partial charge in [-0.05, 0) is 18.2 Å². The number of benzene rings is 2. The lowest BCUT2D eigenvalue weighted by atomic mass is 10.2. The van der Waals surface area contributed by atoms with E-state index in [9.17, 15) is 27.7 Å². The van der Waals surface area contributed by atoms with E-state index in [2.05, 4.69) is 0 Å². The number of ether oxygens (including phenoxy) is 1. The van der Waals surface area contributed by atoms with Crippen LogP contribution in [-0.2, 0) is 6.18 Å². The highest BCUT2D eigenvalue weighted by Gasteiger charge is 2.31. The average molecular weight is 370 g/mol. The topological polar surface area (TPSA) is 52.4 Å². The number of nitro benzene ring substituents is 1. The molecule has 0 unspecified atom stereocenters. The van der Waals surface area contributed by atoms with E-state index in [1.165, 1.54) is 6.07 Å². The maximum absolute atomic E-state index is 13.8. The Morgan fingerprint density at radius 2 is 1.83 bits per heavy atom. The average Bonchev–Trinajstić information content (AvgIpc) is 2.46. The summed E-state index contributed by atoms with van der Waals surface area (Å²) in [6.45, 7) is 0.